The fourth-order valence-electron chi connectivity index (χ4n) is 2.41. The van der Waals surface area contributed by atoms with E-state index in [0.29, 0.717) is 10.7 Å². The molecule has 18 heavy (non-hydrogen) atoms. The summed E-state index contributed by atoms with van der Waals surface area (Å²) in [5.41, 5.74) is 6.94. The molecule has 0 aliphatic heterocycles. The van der Waals surface area contributed by atoms with Crippen molar-refractivity contribution in [1.82, 2.24) is 0 Å². The Balaban J connectivity index is 1.99. The van der Waals surface area contributed by atoms with Gasteiger partial charge in [-0.3, -0.25) is 4.79 Å². The second kappa shape index (κ2) is 6.10. The van der Waals surface area contributed by atoms with E-state index < -0.39 is 0 Å². The molecule has 0 atom stereocenters. The summed E-state index contributed by atoms with van der Waals surface area (Å²) in [6, 6.07) is 5.20. The van der Waals surface area contributed by atoms with Gasteiger partial charge in [-0.2, -0.15) is 0 Å². The van der Waals surface area contributed by atoms with E-state index >= 15 is 0 Å². The van der Waals surface area contributed by atoms with E-state index in [1.807, 2.05) is 0 Å². The molecule has 98 valence electrons. The maximum absolute atomic E-state index is 12.1. The summed E-state index contributed by atoms with van der Waals surface area (Å²) < 4.78 is 0. The Morgan fingerprint density at radius 3 is 2.50 bits per heavy atom. The van der Waals surface area contributed by atoms with Crippen LogP contribution in [-0.4, -0.2) is 5.91 Å². The minimum atomic E-state index is 0.110. The highest BCUT2D eigenvalue weighted by Gasteiger charge is 2.20. The summed E-state index contributed by atoms with van der Waals surface area (Å²) in [4.78, 5) is 12.1. The van der Waals surface area contributed by atoms with Crippen LogP contribution in [0.4, 0.5) is 11.4 Å². The highest BCUT2D eigenvalue weighted by Crippen LogP contribution is 2.26. The Hall–Kier alpha value is -1.22. The molecule has 3 N–H and O–H groups in total. The lowest BCUT2D eigenvalue weighted by molar-refractivity contribution is -0.120. The Labute approximate surface area is 113 Å². The zero-order valence-corrected chi connectivity index (χ0v) is 11.2. The first kappa shape index (κ1) is 13.2. The third-order valence-corrected chi connectivity index (χ3v) is 3.83. The number of nitrogen functional groups attached to an aromatic ring is 1. The summed E-state index contributed by atoms with van der Waals surface area (Å²) in [5.74, 6) is 0.253. The summed E-state index contributed by atoms with van der Waals surface area (Å²) >= 11 is 5.85. The molecule has 0 bridgehead atoms. The average Bonchev–Trinajstić information content (AvgIpc) is 2.62. The van der Waals surface area contributed by atoms with E-state index in [-0.39, 0.29) is 11.8 Å². The van der Waals surface area contributed by atoms with Crippen molar-refractivity contribution < 1.29 is 4.79 Å². The van der Waals surface area contributed by atoms with Crippen LogP contribution in [0.25, 0.3) is 0 Å². The lowest BCUT2D eigenvalue weighted by atomic mass is 9.99. The van der Waals surface area contributed by atoms with Gasteiger partial charge in [-0.25, -0.2) is 0 Å². The molecule has 0 saturated heterocycles. The van der Waals surface area contributed by atoms with Crippen molar-refractivity contribution in [2.45, 2.75) is 38.5 Å². The van der Waals surface area contributed by atoms with Gasteiger partial charge < -0.3 is 11.1 Å². The van der Waals surface area contributed by atoms with Gasteiger partial charge >= 0.3 is 0 Å². The molecule has 0 spiro atoms. The number of rotatable bonds is 2. The topological polar surface area (TPSA) is 55.1 Å². The Kier molecular flexibility index (Phi) is 4.48. The van der Waals surface area contributed by atoms with Crippen LogP contribution in [0, 0.1) is 5.92 Å². The molecule has 3 nitrogen and oxygen atoms in total. The predicted molar refractivity (Wildman–Crippen MR) is 75.7 cm³/mol. The monoisotopic (exact) mass is 266 g/mol. The quantitative estimate of drug-likeness (QED) is 0.631. The Morgan fingerprint density at radius 2 is 1.89 bits per heavy atom. The molecule has 0 radical (unpaired) electrons. The van der Waals surface area contributed by atoms with Crippen LogP contribution in [0.15, 0.2) is 18.2 Å². The van der Waals surface area contributed by atoms with Crippen LogP contribution >= 0.6 is 11.6 Å². The summed E-state index contributed by atoms with van der Waals surface area (Å²) in [5, 5.41) is 3.45. The molecule has 0 heterocycles. The summed E-state index contributed by atoms with van der Waals surface area (Å²) in [6.45, 7) is 0. The lowest BCUT2D eigenvalue weighted by Gasteiger charge is -2.14. The molecule has 4 heteroatoms. The molecule has 1 aliphatic rings. The number of halogens is 1. The largest absolute Gasteiger partial charge is 0.397 e. The maximum atomic E-state index is 12.1. The Bertz CT molecular complexity index is 426. The van der Waals surface area contributed by atoms with Crippen LogP contribution in [0.3, 0.4) is 0 Å². The van der Waals surface area contributed by atoms with Crippen molar-refractivity contribution in [3.63, 3.8) is 0 Å². The van der Waals surface area contributed by atoms with Gasteiger partial charge in [0, 0.05) is 11.6 Å². The van der Waals surface area contributed by atoms with Crippen LogP contribution in [0.1, 0.15) is 38.5 Å². The van der Waals surface area contributed by atoms with Crippen LogP contribution < -0.4 is 11.1 Å². The molecule has 1 aromatic rings. The van der Waals surface area contributed by atoms with Crippen molar-refractivity contribution in [2.24, 2.45) is 5.92 Å². The van der Waals surface area contributed by atoms with Gasteiger partial charge in [0.2, 0.25) is 5.91 Å². The molecule has 0 aromatic heterocycles. The van der Waals surface area contributed by atoms with Crippen molar-refractivity contribution in [1.29, 1.82) is 0 Å². The molecule has 2 rings (SSSR count). The fourth-order valence-corrected chi connectivity index (χ4v) is 2.52. The van der Waals surface area contributed by atoms with E-state index in [1.165, 1.54) is 12.8 Å². The molecular weight excluding hydrogens is 248 g/mol. The molecular formula is C14H19ClN2O. The van der Waals surface area contributed by atoms with Gasteiger partial charge in [-0.05, 0) is 31.0 Å². The SMILES string of the molecule is Nc1cc(NC(=O)C2CCCCCC2)ccc1Cl. The van der Waals surface area contributed by atoms with Gasteiger partial charge in [0.15, 0.2) is 0 Å². The molecule has 1 fully saturated rings. The average molecular weight is 267 g/mol. The van der Waals surface area contributed by atoms with Gasteiger partial charge in [0.1, 0.15) is 0 Å². The second-order valence-electron chi connectivity index (χ2n) is 4.91. The van der Waals surface area contributed by atoms with Gasteiger partial charge in [-0.1, -0.05) is 37.3 Å². The zero-order chi connectivity index (χ0) is 13.0. The second-order valence-corrected chi connectivity index (χ2v) is 5.32. The number of hydrogen-bond acceptors (Lipinski definition) is 2. The van der Waals surface area contributed by atoms with Gasteiger partial charge in [0.25, 0.3) is 0 Å². The fraction of sp³-hybridized carbons (Fsp3) is 0.500. The van der Waals surface area contributed by atoms with Gasteiger partial charge in [0.05, 0.1) is 10.7 Å². The zero-order valence-electron chi connectivity index (χ0n) is 10.4. The first-order valence-corrected chi connectivity index (χ1v) is 6.90. The third-order valence-electron chi connectivity index (χ3n) is 3.49. The van der Waals surface area contributed by atoms with Crippen molar-refractivity contribution in [3.8, 4) is 0 Å². The number of carbonyl (C=O) groups is 1. The van der Waals surface area contributed by atoms with Crippen LogP contribution in [-0.2, 0) is 4.79 Å². The van der Waals surface area contributed by atoms with Crippen molar-refractivity contribution in [3.05, 3.63) is 23.2 Å². The van der Waals surface area contributed by atoms with E-state index in [0.717, 1.165) is 31.4 Å². The number of nitrogens with two attached hydrogens (primary N) is 1. The minimum absolute atomic E-state index is 0.110. The maximum Gasteiger partial charge on any atom is 0.227 e. The summed E-state index contributed by atoms with van der Waals surface area (Å²) in [7, 11) is 0. The molecule has 1 aliphatic carbocycles. The highest BCUT2D eigenvalue weighted by atomic mass is 35.5. The number of hydrogen-bond donors (Lipinski definition) is 2. The standard InChI is InChI=1S/C14H19ClN2O/c15-12-8-7-11(9-13(12)16)17-14(18)10-5-3-1-2-4-6-10/h7-10H,1-6,16H2,(H,17,18). The first-order valence-electron chi connectivity index (χ1n) is 6.52. The van der Waals surface area contributed by atoms with E-state index in [2.05, 4.69) is 5.32 Å². The van der Waals surface area contributed by atoms with E-state index in [1.54, 1.807) is 18.2 Å². The summed E-state index contributed by atoms with van der Waals surface area (Å²) in [6.07, 6.45) is 6.79. The highest BCUT2D eigenvalue weighted by molar-refractivity contribution is 6.33. The van der Waals surface area contributed by atoms with Crippen molar-refractivity contribution in [2.75, 3.05) is 11.1 Å². The number of amides is 1. The minimum Gasteiger partial charge on any atom is -0.397 e. The van der Waals surface area contributed by atoms with Crippen LogP contribution in [0.2, 0.25) is 5.02 Å². The smallest absolute Gasteiger partial charge is 0.227 e. The molecule has 1 saturated carbocycles. The molecule has 0 unspecified atom stereocenters. The lowest BCUT2D eigenvalue weighted by Crippen LogP contribution is -2.22. The van der Waals surface area contributed by atoms with Crippen molar-refractivity contribution >= 4 is 28.9 Å². The first-order chi connectivity index (χ1) is 8.66. The number of benzene rings is 1. The number of carbonyl (C=O) groups excluding carboxylic acids is 1. The van der Waals surface area contributed by atoms with Crippen LogP contribution in [0.5, 0.6) is 0 Å². The Morgan fingerprint density at radius 1 is 1.22 bits per heavy atom. The number of nitrogens with one attached hydrogen (secondary N) is 1. The normalized spacial score (nSPS) is 17.2. The van der Waals surface area contributed by atoms with Gasteiger partial charge in [-0.15, -0.1) is 0 Å². The predicted octanol–water partition coefficient (Wildman–Crippen LogP) is 3.83. The van der Waals surface area contributed by atoms with E-state index in [4.69, 9.17) is 17.3 Å². The number of anilines is 2. The molecule has 1 amide bonds. The van der Waals surface area contributed by atoms with E-state index in [9.17, 15) is 4.79 Å². The molecule has 1 aromatic carbocycles. The third kappa shape index (κ3) is 3.39.